The van der Waals surface area contributed by atoms with Crippen LogP contribution >= 0.6 is 7.14 Å². The molecular formula is C22H30NO2P. The number of hydrogen-bond donors (Lipinski definition) is 1. The normalized spacial score (nSPS) is 11.7. The molecule has 0 spiro atoms. The van der Waals surface area contributed by atoms with E-state index < -0.39 is 7.14 Å². The van der Waals surface area contributed by atoms with E-state index >= 15 is 0 Å². The fourth-order valence-electron chi connectivity index (χ4n) is 3.99. The van der Waals surface area contributed by atoms with Crippen LogP contribution in [0.4, 0.5) is 4.79 Å². The molecule has 0 saturated heterocycles. The van der Waals surface area contributed by atoms with Gasteiger partial charge in [0.25, 0.3) is 5.65 Å². The third-order valence-corrected chi connectivity index (χ3v) is 7.97. The Morgan fingerprint density at radius 3 is 1.35 bits per heavy atom. The van der Waals surface area contributed by atoms with Crippen molar-refractivity contribution < 1.29 is 9.36 Å². The van der Waals surface area contributed by atoms with Crippen LogP contribution in [0, 0.1) is 41.5 Å². The molecule has 2 aromatic rings. The predicted octanol–water partition coefficient (Wildman–Crippen LogP) is 4.97. The summed E-state index contributed by atoms with van der Waals surface area (Å²) in [6.45, 7) is 15.6. The molecule has 3 nitrogen and oxygen atoms in total. The maximum atomic E-state index is 14.5. The van der Waals surface area contributed by atoms with Crippen molar-refractivity contribution in [2.24, 2.45) is 0 Å². The highest BCUT2D eigenvalue weighted by molar-refractivity contribution is 7.93. The van der Waals surface area contributed by atoms with Gasteiger partial charge >= 0.3 is 0 Å². The summed E-state index contributed by atoms with van der Waals surface area (Å²) >= 11 is 0. The van der Waals surface area contributed by atoms with Crippen molar-refractivity contribution in [2.45, 2.75) is 61.4 Å². The summed E-state index contributed by atoms with van der Waals surface area (Å²) in [4.78, 5) is 13.3. The molecule has 1 amide bonds. The zero-order chi connectivity index (χ0) is 19.8. The number of amides is 1. The highest BCUT2D eigenvalue weighted by Gasteiger charge is 2.40. The SMILES string of the molecule is Cc1cc(C)c(P(=O)(C(=O)NC(C)C)c2c(C)cc(C)cc2C)c(C)c1. The maximum Gasteiger partial charge on any atom is 0.287 e. The van der Waals surface area contributed by atoms with Gasteiger partial charge < -0.3 is 9.88 Å². The Kier molecular flexibility index (Phi) is 5.82. The molecule has 0 aliphatic carbocycles. The zero-order valence-electron chi connectivity index (χ0n) is 17.2. The van der Waals surface area contributed by atoms with Crippen LogP contribution in [-0.2, 0) is 4.57 Å². The summed E-state index contributed by atoms with van der Waals surface area (Å²) in [7, 11) is -3.51. The van der Waals surface area contributed by atoms with Crippen molar-refractivity contribution in [2.75, 3.05) is 0 Å². The van der Waals surface area contributed by atoms with Crippen molar-refractivity contribution >= 4 is 23.4 Å². The monoisotopic (exact) mass is 371 g/mol. The third-order valence-electron chi connectivity index (χ3n) is 4.60. The second-order valence-corrected chi connectivity index (χ2v) is 10.2. The molecule has 0 fully saturated rings. The van der Waals surface area contributed by atoms with Crippen LogP contribution in [0.2, 0.25) is 0 Å². The van der Waals surface area contributed by atoms with Gasteiger partial charge in [0.15, 0.2) is 0 Å². The van der Waals surface area contributed by atoms with E-state index in [1.54, 1.807) is 0 Å². The molecule has 4 heteroatoms. The fraction of sp³-hybridized carbons (Fsp3) is 0.409. The van der Waals surface area contributed by atoms with E-state index in [0.29, 0.717) is 10.6 Å². The van der Waals surface area contributed by atoms with Gasteiger partial charge in [0.05, 0.1) is 0 Å². The Bertz CT molecular complexity index is 805. The van der Waals surface area contributed by atoms with Gasteiger partial charge in [-0.05, 0) is 77.6 Å². The van der Waals surface area contributed by atoms with E-state index in [-0.39, 0.29) is 11.7 Å². The molecule has 0 unspecified atom stereocenters. The number of hydrogen-bond acceptors (Lipinski definition) is 2. The molecule has 140 valence electrons. The van der Waals surface area contributed by atoms with Gasteiger partial charge in [0.2, 0.25) is 7.14 Å². The Hall–Kier alpha value is -1.86. The molecule has 0 heterocycles. The van der Waals surface area contributed by atoms with E-state index in [1.165, 1.54) is 0 Å². The lowest BCUT2D eigenvalue weighted by molar-refractivity contribution is 0.257. The van der Waals surface area contributed by atoms with E-state index in [4.69, 9.17) is 0 Å². The van der Waals surface area contributed by atoms with E-state index in [1.807, 2.05) is 79.7 Å². The van der Waals surface area contributed by atoms with Gasteiger partial charge in [-0.3, -0.25) is 4.79 Å². The minimum Gasteiger partial charge on any atom is -0.347 e. The first-order valence-electron chi connectivity index (χ1n) is 9.06. The average molecular weight is 371 g/mol. The first kappa shape index (κ1) is 20.5. The topological polar surface area (TPSA) is 46.2 Å². The summed E-state index contributed by atoms with van der Waals surface area (Å²) in [5.74, 6) is 0. The highest BCUT2D eigenvalue weighted by Crippen LogP contribution is 2.48. The first-order chi connectivity index (χ1) is 12.0. The number of carbonyl (C=O) groups is 1. The van der Waals surface area contributed by atoms with E-state index in [9.17, 15) is 9.36 Å². The quantitative estimate of drug-likeness (QED) is 0.772. The second-order valence-electron chi connectivity index (χ2n) is 7.71. The molecule has 0 atom stereocenters. The van der Waals surface area contributed by atoms with Crippen LogP contribution < -0.4 is 15.9 Å². The van der Waals surface area contributed by atoms with E-state index in [0.717, 1.165) is 33.4 Å². The van der Waals surface area contributed by atoms with Gasteiger partial charge in [-0.2, -0.15) is 0 Å². The minimum atomic E-state index is -3.51. The Balaban J connectivity index is 2.91. The summed E-state index contributed by atoms with van der Waals surface area (Å²) in [6.07, 6.45) is 0. The van der Waals surface area contributed by atoms with Crippen LogP contribution in [0.15, 0.2) is 24.3 Å². The molecule has 1 N–H and O–H groups in total. The molecule has 2 rings (SSSR count). The summed E-state index contributed by atoms with van der Waals surface area (Å²) in [5, 5.41) is 4.27. The van der Waals surface area contributed by atoms with Crippen molar-refractivity contribution in [1.82, 2.24) is 5.32 Å². The molecule has 0 aromatic heterocycles. The third kappa shape index (κ3) is 3.64. The number of benzene rings is 2. The molecule has 0 bridgehead atoms. The molecule has 26 heavy (non-hydrogen) atoms. The van der Waals surface area contributed by atoms with Gasteiger partial charge in [0.1, 0.15) is 0 Å². The smallest absolute Gasteiger partial charge is 0.287 e. The second kappa shape index (κ2) is 7.40. The average Bonchev–Trinajstić information content (AvgIpc) is 2.43. The zero-order valence-corrected chi connectivity index (χ0v) is 18.0. The van der Waals surface area contributed by atoms with Crippen molar-refractivity contribution in [3.63, 3.8) is 0 Å². The standard InChI is InChI=1S/C22H30NO2P/c1-13(2)23-22(24)26(25,20-16(5)9-14(3)10-17(20)6)21-18(7)11-15(4)12-19(21)8/h9-13H,1-8H3,(H,23,24). The number of nitrogens with one attached hydrogen (secondary N) is 1. The van der Waals surface area contributed by atoms with Crippen molar-refractivity contribution in [3.05, 3.63) is 57.6 Å². The summed E-state index contributed by atoms with van der Waals surface area (Å²) in [6, 6.07) is 7.97. The fourth-order valence-corrected chi connectivity index (χ4v) is 7.31. The van der Waals surface area contributed by atoms with Gasteiger partial charge in [-0.25, -0.2) is 0 Å². The van der Waals surface area contributed by atoms with Gasteiger partial charge in [0, 0.05) is 16.7 Å². The summed E-state index contributed by atoms with van der Waals surface area (Å²) in [5.41, 5.74) is 5.47. The number of rotatable bonds is 4. The minimum absolute atomic E-state index is 0.0760. The van der Waals surface area contributed by atoms with Gasteiger partial charge in [-0.1, -0.05) is 35.4 Å². The molecule has 0 aliphatic rings. The largest absolute Gasteiger partial charge is 0.347 e. The van der Waals surface area contributed by atoms with Crippen LogP contribution in [0.5, 0.6) is 0 Å². The number of carbonyl (C=O) groups excluding carboxylic acids is 1. The molecule has 0 saturated carbocycles. The Morgan fingerprint density at radius 2 is 1.08 bits per heavy atom. The Morgan fingerprint density at radius 1 is 0.769 bits per heavy atom. The number of aryl methyl sites for hydroxylation is 6. The van der Waals surface area contributed by atoms with Crippen LogP contribution in [0.1, 0.15) is 47.2 Å². The molecule has 0 radical (unpaired) electrons. The lowest BCUT2D eigenvalue weighted by Gasteiger charge is -2.26. The molecular weight excluding hydrogens is 341 g/mol. The van der Waals surface area contributed by atoms with Crippen LogP contribution in [-0.4, -0.2) is 11.7 Å². The van der Waals surface area contributed by atoms with Crippen molar-refractivity contribution in [3.8, 4) is 0 Å². The summed E-state index contributed by atoms with van der Waals surface area (Å²) < 4.78 is 14.5. The van der Waals surface area contributed by atoms with Crippen LogP contribution in [0.3, 0.4) is 0 Å². The predicted molar refractivity (Wildman–Crippen MR) is 112 cm³/mol. The molecule has 2 aromatic carbocycles. The van der Waals surface area contributed by atoms with Gasteiger partial charge in [-0.15, -0.1) is 0 Å². The van der Waals surface area contributed by atoms with Crippen molar-refractivity contribution in [1.29, 1.82) is 0 Å². The Labute approximate surface area is 157 Å². The maximum absolute atomic E-state index is 14.5. The van der Waals surface area contributed by atoms with E-state index in [2.05, 4.69) is 5.32 Å². The highest BCUT2D eigenvalue weighted by atomic mass is 31.2. The lowest BCUT2D eigenvalue weighted by Crippen LogP contribution is -2.38. The molecule has 0 aliphatic heterocycles. The van der Waals surface area contributed by atoms with Crippen LogP contribution in [0.25, 0.3) is 0 Å². The first-order valence-corrected chi connectivity index (χ1v) is 10.8. The lowest BCUT2D eigenvalue weighted by atomic mass is 10.1.